The molecule has 46 heavy (non-hydrogen) atoms. The number of benzene rings is 2. The van der Waals surface area contributed by atoms with E-state index in [-0.39, 0.29) is 42.8 Å². The third-order valence-electron chi connectivity index (χ3n) is 11.2. The molecule has 0 spiro atoms. The van der Waals surface area contributed by atoms with Crippen molar-refractivity contribution < 1.29 is 33.2 Å². The molecule has 2 N–H and O–H groups in total. The Bertz CT molecular complexity index is 1430. The second-order valence-electron chi connectivity index (χ2n) is 14.7. The minimum atomic E-state index is -1.02. The maximum absolute atomic E-state index is 13.8. The molecule has 1 aliphatic heterocycles. The standard InChI is InChI=1S/C36H47BN2O7/c1-21(2)17-31(37-45-30-19-22-18-29(35(22,3)4)36(30,5)46-37)39-33(41)28(15-16-32(40)43-6)38-34(42)44-20-27-25-13-9-7-11-23(25)24-12-8-10-14-26(24)27/h7-14,21-22,27-31H,15-20H2,1-6H3,(H,38,42)(H,39,41)/t22-,28-,29-,30+,31-,36-/m0/s1. The predicted molar refractivity (Wildman–Crippen MR) is 175 cm³/mol. The molecule has 1 heterocycles. The molecule has 0 aromatic heterocycles. The van der Waals surface area contributed by atoms with Gasteiger partial charge in [-0.25, -0.2) is 4.79 Å². The van der Waals surface area contributed by atoms with Gasteiger partial charge in [0.25, 0.3) is 0 Å². The molecule has 9 nitrogen and oxygen atoms in total. The predicted octanol–water partition coefficient (Wildman–Crippen LogP) is 5.65. The first-order chi connectivity index (χ1) is 21.9. The van der Waals surface area contributed by atoms with E-state index in [2.05, 4.69) is 69.5 Å². The van der Waals surface area contributed by atoms with Gasteiger partial charge in [-0.15, -0.1) is 0 Å². The van der Waals surface area contributed by atoms with Gasteiger partial charge in [0, 0.05) is 12.3 Å². The van der Waals surface area contributed by atoms with Crippen LogP contribution >= 0.6 is 0 Å². The summed E-state index contributed by atoms with van der Waals surface area (Å²) >= 11 is 0. The van der Waals surface area contributed by atoms with Crippen molar-refractivity contribution >= 4 is 25.1 Å². The second-order valence-corrected chi connectivity index (χ2v) is 14.7. The molecule has 2 amide bonds. The largest absolute Gasteiger partial charge is 0.481 e. The highest BCUT2D eigenvalue weighted by Gasteiger charge is 2.68. The molecule has 2 aromatic rings. The number of carbonyl (C=O) groups is 3. The molecule has 4 aliphatic carbocycles. The Morgan fingerprint density at radius 3 is 2.24 bits per heavy atom. The van der Waals surface area contributed by atoms with Gasteiger partial charge in [0.1, 0.15) is 12.6 Å². The van der Waals surface area contributed by atoms with Gasteiger partial charge in [0.05, 0.1) is 24.8 Å². The van der Waals surface area contributed by atoms with E-state index in [4.69, 9.17) is 18.8 Å². The van der Waals surface area contributed by atoms with E-state index >= 15 is 0 Å². The molecule has 0 radical (unpaired) electrons. The molecule has 3 saturated carbocycles. The Morgan fingerprint density at radius 1 is 0.978 bits per heavy atom. The second kappa shape index (κ2) is 12.7. The van der Waals surface area contributed by atoms with E-state index in [0.29, 0.717) is 18.3 Å². The van der Waals surface area contributed by atoms with Crippen LogP contribution in [0.5, 0.6) is 0 Å². The van der Waals surface area contributed by atoms with Gasteiger partial charge in [0.2, 0.25) is 5.91 Å². The van der Waals surface area contributed by atoms with E-state index in [1.165, 1.54) is 7.11 Å². The lowest BCUT2D eigenvalue weighted by atomic mass is 9.43. The van der Waals surface area contributed by atoms with E-state index in [1.54, 1.807) is 0 Å². The third kappa shape index (κ3) is 5.94. The highest BCUT2D eigenvalue weighted by molar-refractivity contribution is 6.48. The molecule has 1 saturated heterocycles. The van der Waals surface area contributed by atoms with Gasteiger partial charge in [-0.2, -0.15) is 0 Å². The number of hydrogen-bond acceptors (Lipinski definition) is 7. The summed E-state index contributed by atoms with van der Waals surface area (Å²) in [7, 11) is 0.697. The van der Waals surface area contributed by atoms with Crippen molar-refractivity contribution in [2.24, 2.45) is 23.2 Å². The molecule has 0 unspecified atom stereocenters. The van der Waals surface area contributed by atoms with Crippen molar-refractivity contribution in [1.82, 2.24) is 10.6 Å². The molecule has 7 rings (SSSR count). The Kier molecular flexibility index (Phi) is 8.98. The van der Waals surface area contributed by atoms with E-state index in [0.717, 1.165) is 35.1 Å². The van der Waals surface area contributed by atoms with Crippen LogP contribution in [-0.2, 0) is 28.4 Å². The van der Waals surface area contributed by atoms with Crippen LogP contribution in [0, 0.1) is 23.2 Å². The maximum atomic E-state index is 13.8. The number of amides is 2. The fourth-order valence-corrected chi connectivity index (χ4v) is 8.52. The van der Waals surface area contributed by atoms with Crippen LogP contribution in [0.25, 0.3) is 11.1 Å². The maximum Gasteiger partial charge on any atom is 0.481 e. The zero-order chi connectivity index (χ0) is 32.8. The molecular formula is C36H47BN2O7. The topological polar surface area (TPSA) is 112 Å². The number of methoxy groups -OCH3 is 1. The minimum absolute atomic E-state index is 0.0186. The quantitative estimate of drug-likeness (QED) is 0.244. The first kappa shape index (κ1) is 32.6. The third-order valence-corrected chi connectivity index (χ3v) is 11.2. The Labute approximate surface area is 272 Å². The minimum Gasteiger partial charge on any atom is -0.469 e. The van der Waals surface area contributed by atoms with E-state index in [1.807, 2.05) is 24.3 Å². The van der Waals surface area contributed by atoms with Gasteiger partial charge in [0.15, 0.2) is 0 Å². The first-order valence-corrected chi connectivity index (χ1v) is 16.7. The highest BCUT2D eigenvalue weighted by Crippen LogP contribution is 2.65. The molecule has 246 valence electrons. The summed E-state index contributed by atoms with van der Waals surface area (Å²) in [5, 5.41) is 5.86. The summed E-state index contributed by atoms with van der Waals surface area (Å²) in [5.41, 5.74) is 4.24. The van der Waals surface area contributed by atoms with Gasteiger partial charge in [-0.1, -0.05) is 76.2 Å². The van der Waals surface area contributed by atoms with Crippen molar-refractivity contribution in [3.8, 4) is 11.1 Å². The Balaban J connectivity index is 1.13. The van der Waals surface area contributed by atoms with Crippen molar-refractivity contribution in [2.45, 2.75) is 96.3 Å². The fourth-order valence-electron chi connectivity index (χ4n) is 8.52. The average Bonchev–Trinajstić information content (AvgIpc) is 3.55. The van der Waals surface area contributed by atoms with Crippen molar-refractivity contribution in [2.75, 3.05) is 13.7 Å². The Hall–Kier alpha value is -3.37. The van der Waals surface area contributed by atoms with Crippen molar-refractivity contribution in [1.29, 1.82) is 0 Å². The van der Waals surface area contributed by atoms with Crippen molar-refractivity contribution in [3.63, 3.8) is 0 Å². The normalized spacial score (nSPS) is 26.7. The number of esters is 1. The van der Waals surface area contributed by atoms with E-state index in [9.17, 15) is 14.4 Å². The summed E-state index contributed by atoms with van der Waals surface area (Å²) in [6.07, 6.45) is 1.99. The van der Waals surface area contributed by atoms with Crippen LogP contribution in [0.4, 0.5) is 4.79 Å². The number of fused-ring (bicyclic) bond motifs is 3. The number of hydrogen-bond donors (Lipinski definition) is 2. The lowest BCUT2D eigenvalue weighted by Crippen LogP contribution is -2.65. The smallest absolute Gasteiger partial charge is 0.469 e. The van der Waals surface area contributed by atoms with Gasteiger partial charge < -0.3 is 29.4 Å². The molecule has 4 fully saturated rings. The molecule has 6 atom stereocenters. The first-order valence-electron chi connectivity index (χ1n) is 16.7. The van der Waals surface area contributed by atoms with Crippen LogP contribution in [0.2, 0.25) is 0 Å². The zero-order valence-electron chi connectivity index (χ0n) is 27.8. The zero-order valence-corrected chi connectivity index (χ0v) is 27.8. The molecule has 5 aliphatic rings. The molecular weight excluding hydrogens is 583 g/mol. The SMILES string of the molecule is COC(=O)CC[C@H](NC(=O)OCC1c2ccccc2-c2ccccc21)C(=O)N[C@@H](CC(C)C)B1O[C@@H]2C[C@@H]3C[C@@H](C3(C)C)[C@]2(C)O1. The fraction of sp³-hybridized carbons (Fsp3) is 0.583. The summed E-state index contributed by atoms with van der Waals surface area (Å²) in [5.74, 6) is -0.172. The number of carbonyl (C=O) groups excluding carboxylic acids is 3. The molecule has 2 bridgehead atoms. The summed E-state index contributed by atoms with van der Waals surface area (Å²) in [6, 6.07) is 15.2. The highest BCUT2D eigenvalue weighted by atomic mass is 16.7. The molecule has 2 aromatic carbocycles. The summed E-state index contributed by atoms with van der Waals surface area (Å²) in [4.78, 5) is 39.1. The van der Waals surface area contributed by atoms with Gasteiger partial charge in [-0.05, 0) is 78.0 Å². The van der Waals surface area contributed by atoms with Crippen LogP contribution in [0.15, 0.2) is 48.5 Å². The van der Waals surface area contributed by atoms with Crippen molar-refractivity contribution in [3.05, 3.63) is 59.7 Å². The van der Waals surface area contributed by atoms with E-state index < -0.39 is 42.7 Å². The Morgan fingerprint density at radius 2 is 1.63 bits per heavy atom. The monoisotopic (exact) mass is 630 g/mol. The lowest BCUT2D eigenvalue weighted by molar-refractivity contribution is -0.199. The number of ether oxygens (including phenoxy) is 2. The number of nitrogens with one attached hydrogen (secondary N) is 2. The summed E-state index contributed by atoms with van der Waals surface area (Å²) < 4.78 is 23.8. The average molecular weight is 631 g/mol. The van der Waals surface area contributed by atoms with Crippen LogP contribution in [0.3, 0.4) is 0 Å². The van der Waals surface area contributed by atoms with Gasteiger partial charge in [-0.3, -0.25) is 9.59 Å². The lowest BCUT2D eigenvalue weighted by Gasteiger charge is -2.64. The van der Waals surface area contributed by atoms with Crippen LogP contribution in [-0.4, -0.2) is 62.5 Å². The number of alkyl carbamates (subject to hydrolysis) is 1. The van der Waals surface area contributed by atoms with Crippen LogP contribution in [0.1, 0.15) is 83.8 Å². The van der Waals surface area contributed by atoms with Gasteiger partial charge >= 0.3 is 19.2 Å². The summed E-state index contributed by atoms with van der Waals surface area (Å²) in [6.45, 7) is 11.1. The number of rotatable bonds is 11. The molecule has 10 heteroatoms. The van der Waals surface area contributed by atoms with Crippen LogP contribution < -0.4 is 10.6 Å².